The molecule has 0 aliphatic heterocycles. The molecule has 0 saturated heterocycles. The van der Waals surface area contributed by atoms with E-state index in [1.54, 1.807) is 0 Å². The van der Waals surface area contributed by atoms with Crippen LogP contribution in [0, 0.1) is 0 Å². The molecule has 0 bridgehead atoms. The molecular formula is C17H18O. The third-order valence-corrected chi connectivity index (χ3v) is 3.74. The summed E-state index contributed by atoms with van der Waals surface area (Å²) in [5.41, 5.74) is 2.87. The average Bonchev–Trinajstić information content (AvgIpc) is 2.41. The third-order valence-electron chi connectivity index (χ3n) is 3.74. The predicted molar refractivity (Wildman–Crippen MR) is 74.3 cm³/mol. The van der Waals surface area contributed by atoms with Gasteiger partial charge in [0.15, 0.2) is 0 Å². The van der Waals surface area contributed by atoms with Crippen LogP contribution in [0.25, 0.3) is 0 Å². The number of hydrogen-bond acceptors (Lipinski definition) is 1. The van der Waals surface area contributed by atoms with Gasteiger partial charge in [-0.3, -0.25) is 0 Å². The zero-order valence-corrected chi connectivity index (χ0v) is 10.7. The normalized spacial score (nSPS) is 18.2. The molecule has 1 heteroatoms. The van der Waals surface area contributed by atoms with Crippen molar-refractivity contribution in [3.8, 4) is 11.5 Å². The fraction of sp³-hybridized carbons (Fsp3) is 0.294. The first kappa shape index (κ1) is 11.3. The van der Waals surface area contributed by atoms with Crippen LogP contribution >= 0.6 is 0 Å². The highest BCUT2D eigenvalue weighted by atomic mass is 16.5. The summed E-state index contributed by atoms with van der Waals surface area (Å²) in [6.45, 7) is 2.31. The summed E-state index contributed by atoms with van der Waals surface area (Å²) < 4.78 is 6.03. The smallest absolute Gasteiger partial charge is 0.130 e. The maximum atomic E-state index is 6.03. The van der Waals surface area contributed by atoms with Crippen molar-refractivity contribution in [1.82, 2.24) is 0 Å². The van der Waals surface area contributed by atoms with Crippen LogP contribution in [0.2, 0.25) is 0 Å². The molecule has 1 aliphatic rings. The number of para-hydroxylation sites is 1. The largest absolute Gasteiger partial charge is 0.457 e. The summed E-state index contributed by atoms with van der Waals surface area (Å²) in [4.78, 5) is 0. The first-order valence-corrected chi connectivity index (χ1v) is 6.69. The lowest BCUT2D eigenvalue weighted by Crippen LogP contribution is -2.08. The third kappa shape index (κ3) is 2.13. The van der Waals surface area contributed by atoms with Gasteiger partial charge in [0.1, 0.15) is 11.5 Å². The second-order valence-corrected chi connectivity index (χ2v) is 5.03. The predicted octanol–water partition coefficient (Wildman–Crippen LogP) is 4.92. The van der Waals surface area contributed by atoms with E-state index in [0.29, 0.717) is 5.92 Å². The Morgan fingerprint density at radius 1 is 1.00 bits per heavy atom. The Balaban J connectivity index is 1.96. The summed E-state index contributed by atoms with van der Waals surface area (Å²) in [5.74, 6) is 2.61. The standard InChI is InChI=1S/C17H18O/c1-13-7-5-11-16-15(13)10-6-12-17(16)18-14-8-3-2-4-9-14/h2-4,6,8-10,12-13H,5,7,11H2,1H3. The summed E-state index contributed by atoms with van der Waals surface area (Å²) in [7, 11) is 0. The second kappa shape index (κ2) is 4.85. The van der Waals surface area contributed by atoms with Gasteiger partial charge in [0, 0.05) is 0 Å². The van der Waals surface area contributed by atoms with Crippen LogP contribution in [-0.2, 0) is 6.42 Å². The molecule has 2 aromatic rings. The summed E-state index contributed by atoms with van der Waals surface area (Å²) in [5, 5.41) is 0. The van der Waals surface area contributed by atoms with Gasteiger partial charge in [-0.25, -0.2) is 0 Å². The van der Waals surface area contributed by atoms with E-state index in [9.17, 15) is 0 Å². The number of fused-ring (bicyclic) bond motifs is 1. The minimum absolute atomic E-state index is 0.660. The molecule has 1 atom stereocenters. The van der Waals surface area contributed by atoms with Gasteiger partial charge >= 0.3 is 0 Å². The summed E-state index contributed by atoms with van der Waals surface area (Å²) in [6.07, 6.45) is 3.70. The maximum absolute atomic E-state index is 6.03. The molecular weight excluding hydrogens is 220 g/mol. The Hall–Kier alpha value is -1.76. The van der Waals surface area contributed by atoms with E-state index < -0.39 is 0 Å². The number of ether oxygens (including phenoxy) is 1. The zero-order chi connectivity index (χ0) is 12.4. The zero-order valence-electron chi connectivity index (χ0n) is 10.7. The van der Waals surface area contributed by atoms with E-state index in [0.717, 1.165) is 17.9 Å². The topological polar surface area (TPSA) is 9.23 Å². The van der Waals surface area contributed by atoms with Crippen molar-refractivity contribution >= 4 is 0 Å². The van der Waals surface area contributed by atoms with Crippen LogP contribution in [0.15, 0.2) is 48.5 Å². The van der Waals surface area contributed by atoms with E-state index in [1.165, 1.54) is 24.0 Å². The quantitative estimate of drug-likeness (QED) is 0.721. The van der Waals surface area contributed by atoms with Crippen molar-refractivity contribution in [2.24, 2.45) is 0 Å². The van der Waals surface area contributed by atoms with Crippen LogP contribution < -0.4 is 4.74 Å². The molecule has 1 aliphatic carbocycles. The molecule has 2 aromatic carbocycles. The summed E-state index contributed by atoms with van der Waals surface area (Å²) >= 11 is 0. The van der Waals surface area contributed by atoms with E-state index in [2.05, 4.69) is 25.1 Å². The highest BCUT2D eigenvalue weighted by Crippen LogP contribution is 2.37. The molecule has 3 rings (SSSR count). The molecule has 0 saturated carbocycles. The molecule has 0 fully saturated rings. The Bertz CT molecular complexity index is 531. The first-order chi connectivity index (χ1) is 8.84. The number of benzene rings is 2. The molecule has 0 radical (unpaired) electrons. The van der Waals surface area contributed by atoms with Gasteiger partial charge in [-0.15, -0.1) is 0 Å². The molecule has 1 unspecified atom stereocenters. The van der Waals surface area contributed by atoms with Crippen molar-refractivity contribution in [2.45, 2.75) is 32.1 Å². The van der Waals surface area contributed by atoms with Crippen molar-refractivity contribution in [1.29, 1.82) is 0 Å². The highest BCUT2D eigenvalue weighted by molar-refractivity contribution is 5.45. The Kier molecular flexibility index (Phi) is 3.06. The van der Waals surface area contributed by atoms with Crippen LogP contribution in [0.1, 0.15) is 36.8 Å². The van der Waals surface area contributed by atoms with E-state index in [-0.39, 0.29) is 0 Å². The molecule has 18 heavy (non-hydrogen) atoms. The van der Waals surface area contributed by atoms with Crippen molar-refractivity contribution < 1.29 is 4.74 Å². The van der Waals surface area contributed by atoms with Crippen LogP contribution in [0.4, 0.5) is 0 Å². The highest BCUT2D eigenvalue weighted by Gasteiger charge is 2.19. The maximum Gasteiger partial charge on any atom is 0.130 e. The molecule has 0 N–H and O–H groups in total. The van der Waals surface area contributed by atoms with Gasteiger partial charge in [0.2, 0.25) is 0 Å². The lowest BCUT2D eigenvalue weighted by Gasteiger charge is -2.24. The number of hydrogen-bond donors (Lipinski definition) is 0. The van der Waals surface area contributed by atoms with Gasteiger partial charge in [0.05, 0.1) is 0 Å². The van der Waals surface area contributed by atoms with Gasteiger partial charge in [0.25, 0.3) is 0 Å². The van der Waals surface area contributed by atoms with Crippen LogP contribution in [-0.4, -0.2) is 0 Å². The molecule has 0 aromatic heterocycles. The average molecular weight is 238 g/mol. The molecule has 0 heterocycles. The second-order valence-electron chi connectivity index (χ2n) is 5.03. The molecule has 0 spiro atoms. The van der Waals surface area contributed by atoms with Gasteiger partial charge < -0.3 is 4.74 Å². The van der Waals surface area contributed by atoms with Crippen molar-refractivity contribution in [3.63, 3.8) is 0 Å². The van der Waals surface area contributed by atoms with Crippen molar-refractivity contribution in [3.05, 3.63) is 59.7 Å². The van der Waals surface area contributed by atoms with E-state index in [4.69, 9.17) is 4.74 Å². The SMILES string of the molecule is CC1CCCc2c(Oc3ccccc3)cccc21. The minimum Gasteiger partial charge on any atom is -0.457 e. The van der Waals surface area contributed by atoms with Crippen LogP contribution in [0.5, 0.6) is 11.5 Å². The fourth-order valence-corrected chi connectivity index (χ4v) is 2.76. The Morgan fingerprint density at radius 3 is 2.67 bits per heavy atom. The Labute approximate surface area is 108 Å². The summed E-state index contributed by atoms with van der Waals surface area (Å²) in [6, 6.07) is 16.5. The van der Waals surface area contributed by atoms with E-state index >= 15 is 0 Å². The van der Waals surface area contributed by atoms with Gasteiger partial charge in [-0.1, -0.05) is 37.3 Å². The van der Waals surface area contributed by atoms with E-state index in [1.807, 2.05) is 30.3 Å². The number of rotatable bonds is 2. The molecule has 1 nitrogen and oxygen atoms in total. The lowest BCUT2D eigenvalue weighted by molar-refractivity contribution is 0.465. The Morgan fingerprint density at radius 2 is 1.83 bits per heavy atom. The van der Waals surface area contributed by atoms with Gasteiger partial charge in [-0.2, -0.15) is 0 Å². The molecule has 0 amide bonds. The monoisotopic (exact) mass is 238 g/mol. The van der Waals surface area contributed by atoms with Gasteiger partial charge in [-0.05, 0) is 54.5 Å². The molecule has 92 valence electrons. The minimum atomic E-state index is 0.660. The first-order valence-electron chi connectivity index (χ1n) is 6.69. The fourth-order valence-electron chi connectivity index (χ4n) is 2.76. The van der Waals surface area contributed by atoms with Crippen LogP contribution in [0.3, 0.4) is 0 Å². The lowest BCUT2D eigenvalue weighted by atomic mass is 9.83. The van der Waals surface area contributed by atoms with Crippen molar-refractivity contribution in [2.75, 3.05) is 0 Å².